The van der Waals surface area contributed by atoms with Gasteiger partial charge in [0.15, 0.2) is 18.1 Å². The van der Waals surface area contributed by atoms with Crippen LogP contribution in [0.15, 0.2) is 71.8 Å². The van der Waals surface area contributed by atoms with Crippen LogP contribution in [-0.2, 0) is 20.8 Å². The third-order valence-corrected chi connectivity index (χ3v) is 5.16. The highest BCUT2D eigenvalue weighted by molar-refractivity contribution is 6.39. The minimum absolute atomic E-state index is 0.237. The molecule has 0 saturated carbocycles. The molecule has 0 bridgehead atoms. The second-order valence-corrected chi connectivity index (χ2v) is 7.85. The Morgan fingerprint density at radius 2 is 1.69 bits per heavy atom. The maximum Gasteiger partial charge on any atom is 0.329 e. The molecule has 3 amide bonds. The number of aryl methyl sites for hydroxylation is 1. The zero-order valence-electron chi connectivity index (χ0n) is 19.7. The first-order valence-corrected chi connectivity index (χ1v) is 11.4. The molecule has 0 heterocycles. The number of hydrogen-bond acceptors (Lipinski definition) is 6. The monoisotopic (exact) mass is 508 g/mol. The third kappa shape index (κ3) is 7.57. The summed E-state index contributed by atoms with van der Waals surface area (Å²) in [6, 6.07) is 18.8. The number of anilines is 2. The number of hydrazone groups is 1. The van der Waals surface area contributed by atoms with E-state index < -0.39 is 11.8 Å². The number of amides is 3. The lowest BCUT2D eigenvalue weighted by atomic mass is 10.1. The average molecular weight is 509 g/mol. The first kappa shape index (κ1) is 26.2. The van der Waals surface area contributed by atoms with Crippen LogP contribution in [0, 0.1) is 0 Å². The van der Waals surface area contributed by atoms with Gasteiger partial charge in [0.05, 0.1) is 13.3 Å². The highest BCUT2D eigenvalue weighted by Crippen LogP contribution is 2.27. The summed E-state index contributed by atoms with van der Waals surface area (Å²) in [5, 5.41) is 9.67. The van der Waals surface area contributed by atoms with Crippen molar-refractivity contribution in [1.29, 1.82) is 0 Å². The molecule has 0 radical (unpaired) electrons. The molecule has 3 aromatic carbocycles. The maximum atomic E-state index is 12.2. The number of para-hydroxylation sites is 1. The lowest BCUT2D eigenvalue weighted by Gasteiger charge is -2.11. The lowest BCUT2D eigenvalue weighted by molar-refractivity contribution is -0.136. The topological polar surface area (TPSA) is 118 Å². The second-order valence-electron chi connectivity index (χ2n) is 7.42. The molecule has 0 aromatic heterocycles. The molecule has 0 atom stereocenters. The summed E-state index contributed by atoms with van der Waals surface area (Å²) in [5.74, 6) is -1.38. The van der Waals surface area contributed by atoms with Crippen molar-refractivity contribution in [3.63, 3.8) is 0 Å². The van der Waals surface area contributed by atoms with Gasteiger partial charge in [0.1, 0.15) is 0 Å². The fraction of sp³-hybridized carbons (Fsp3) is 0.154. The molecule has 3 rings (SSSR count). The van der Waals surface area contributed by atoms with Crippen LogP contribution in [0.5, 0.6) is 11.5 Å². The Morgan fingerprint density at radius 3 is 2.42 bits per heavy atom. The van der Waals surface area contributed by atoms with E-state index in [1.54, 1.807) is 54.6 Å². The summed E-state index contributed by atoms with van der Waals surface area (Å²) >= 11 is 5.84. The van der Waals surface area contributed by atoms with Crippen molar-refractivity contribution in [3.8, 4) is 11.5 Å². The quantitative estimate of drug-likeness (QED) is 0.229. The van der Waals surface area contributed by atoms with Gasteiger partial charge in [-0.15, -0.1) is 0 Å². The first-order chi connectivity index (χ1) is 17.4. The second kappa shape index (κ2) is 12.9. The van der Waals surface area contributed by atoms with Crippen LogP contribution < -0.4 is 25.5 Å². The number of benzene rings is 3. The molecule has 186 valence electrons. The summed E-state index contributed by atoms with van der Waals surface area (Å²) < 4.78 is 10.9. The van der Waals surface area contributed by atoms with Crippen molar-refractivity contribution < 1.29 is 23.9 Å². The third-order valence-electron chi connectivity index (χ3n) is 4.91. The molecule has 0 fully saturated rings. The Bertz CT molecular complexity index is 1260. The Kier molecular flexibility index (Phi) is 9.41. The molecular weight excluding hydrogens is 484 g/mol. The number of rotatable bonds is 9. The summed E-state index contributed by atoms with van der Waals surface area (Å²) in [7, 11) is 1.46. The number of nitrogens with one attached hydrogen (secondary N) is 3. The van der Waals surface area contributed by atoms with Crippen LogP contribution in [0.3, 0.4) is 0 Å². The van der Waals surface area contributed by atoms with E-state index in [2.05, 4.69) is 21.2 Å². The largest absolute Gasteiger partial charge is 0.493 e. The fourth-order valence-corrected chi connectivity index (χ4v) is 3.23. The molecule has 9 nitrogen and oxygen atoms in total. The first-order valence-electron chi connectivity index (χ1n) is 11.0. The van der Waals surface area contributed by atoms with E-state index in [4.69, 9.17) is 21.1 Å². The number of hydrogen-bond donors (Lipinski definition) is 3. The van der Waals surface area contributed by atoms with Crippen molar-refractivity contribution in [2.45, 2.75) is 13.3 Å². The summed E-state index contributed by atoms with van der Waals surface area (Å²) in [6.45, 7) is 1.72. The van der Waals surface area contributed by atoms with Gasteiger partial charge in [-0.2, -0.15) is 5.10 Å². The molecule has 0 aliphatic heterocycles. The average Bonchev–Trinajstić information content (AvgIpc) is 2.89. The van der Waals surface area contributed by atoms with Gasteiger partial charge < -0.3 is 20.1 Å². The van der Waals surface area contributed by atoms with Gasteiger partial charge in [-0.25, -0.2) is 5.43 Å². The maximum absolute atomic E-state index is 12.2. The van der Waals surface area contributed by atoms with E-state index in [-0.39, 0.29) is 12.5 Å². The number of methoxy groups -OCH3 is 1. The van der Waals surface area contributed by atoms with E-state index in [0.29, 0.717) is 39.9 Å². The lowest BCUT2D eigenvalue weighted by Crippen LogP contribution is -2.32. The smallest absolute Gasteiger partial charge is 0.329 e. The van der Waals surface area contributed by atoms with Crippen molar-refractivity contribution in [1.82, 2.24) is 5.43 Å². The van der Waals surface area contributed by atoms with E-state index in [0.717, 1.165) is 5.56 Å². The Labute approximate surface area is 213 Å². The highest BCUT2D eigenvalue weighted by Gasteiger charge is 2.14. The molecular formula is C26H25ClN4O5. The van der Waals surface area contributed by atoms with Gasteiger partial charge in [-0.1, -0.05) is 36.7 Å². The molecule has 3 aromatic rings. The normalized spacial score (nSPS) is 10.5. The van der Waals surface area contributed by atoms with E-state index in [9.17, 15) is 14.4 Å². The standard InChI is InChI=1S/C26H25ClN4O5/c1-3-18-6-4-5-7-21(18)30-25(33)26(34)31-28-15-17-8-13-22(23(14-17)35-2)36-16-24(32)29-20-11-9-19(27)10-12-20/h4-15H,3,16H2,1-2H3,(H,29,32)(H,30,33)(H,31,34)/b28-15-. The Morgan fingerprint density at radius 1 is 0.944 bits per heavy atom. The van der Waals surface area contributed by atoms with Crippen LogP contribution in [0.4, 0.5) is 11.4 Å². The van der Waals surface area contributed by atoms with Crippen molar-refractivity contribution in [2.75, 3.05) is 24.4 Å². The molecule has 3 N–H and O–H groups in total. The Balaban J connectivity index is 1.53. The number of halogens is 1. The number of carbonyl (C=O) groups excluding carboxylic acids is 3. The molecule has 10 heteroatoms. The molecule has 36 heavy (non-hydrogen) atoms. The summed E-state index contributed by atoms with van der Waals surface area (Å²) in [4.78, 5) is 36.4. The molecule has 0 aliphatic carbocycles. The fourth-order valence-electron chi connectivity index (χ4n) is 3.10. The predicted molar refractivity (Wildman–Crippen MR) is 139 cm³/mol. The Hall–Kier alpha value is -4.37. The number of carbonyl (C=O) groups is 3. The molecule has 0 aliphatic rings. The minimum atomic E-state index is -0.907. The molecule has 0 unspecified atom stereocenters. The van der Waals surface area contributed by atoms with E-state index >= 15 is 0 Å². The van der Waals surface area contributed by atoms with Gasteiger partial charge in [0.25, 0.3) is 5.91 Å². The predicted octanol–water partition coefficient (Wildman–Crippen LogP) is 4.02. The van der Waals surface area contributed by atoms with Gasteiger partial charge in [-0.05, 0) is 66.1 Å². The summed E-state index contributed by atoms with van der Waals surface area (Å²) in [6.07, 6.45) is 2.06. The van der Waals surface area contributed by atoms with Crippen molar-refractivity contribution in [3.05, 3.63) is 82.9 Å². The zero-order valence-corrected chi connectivity index (χ0v) is 20.5. The minimum Gasteiger partial charge on any atom is -0.493 e. The van der Waals surface area contributed by atoms with Crippen molar-refractivity contribution >= 4 is 46.9 Å². The van der Waals surface area contributed by atoms with Gasteiger partial charge in [-0.3, -0.25) is 14.4 Å². The highest BCUT2D eigenvalue weighted by atomic mass is 35.5. The zero-order chi connectivity index (χ0) is 25.9. The number of nitrogens with zero attached hydrogens (tertiary/aromatic N) is 1. The van der Waals surface area contributed by atoms with Crippen molar-refractivity contribution in [2.24, 2.45) is 5.10 Å². The summed E-state index contributed by atoms with van der Waals surface area (Å²) in [5.41, 5.74) is 4.85. The van der Waals surface area contributed by atoms with E-state index in [1.165, 1.54) is 13.3 Å². The molecule has 0 saturated heterocycles. The van der Waals surface area contributed by atoms with Crippen LogP contribution in [0.25, 0.3) is 0 Å². The van der Waals surface area contributed by atoms with Gasteiger partial charge in [0, 0.05) is 16.4 Å². The van der Waals surface area contributed by atoms with E-state index in [1.807, 2.05) is 19.1 Å². The van der Waals surface area contributed by atoms with Crippen LogP contribution >= 0.6 is 11.6 Å². The van der Waals surface area contributed by atoms with Crippen LogP contribution in [-0.4, -0.2) is 37.7 Å². The SMILES string of the molecule is CCc1ccccc1NC(=O)C(=O)N/N=C\c1ccc(OCC(=O)Nc2ccc(Cl)cc2)c(OC)c1. The van der Waals surface area contributed by atoms with Crippen LogP contribution in [0.2, 0.25) is 5.02 Å². The van der Waals surface area contributed by atoms with Crippen LogP contribution in [0.1, 0.15) is 18.1 Å². The van der Waals surface area contributed by atoms with Gasteiger partial charge >= 0.3 is 11.8 Å². The number of ether oxygens (including phenoxy) is 2. The van der Waals surface area contributed by atoms with Gasteiger partial charge in [0.2, 0.25) is 0 Å². The molecule has 0 spiro atoms.